The summed E-state index contributed by atoms with van der Waals surface area (Å²) < 4.78 is 0. The second-order valence-corrected chi connectivity index (χ2v) is 5.15. The molecule has 16 heavy (non-hydrogen) atoms. The lowest BCUT2D eigenvalue weighted by molar-refractivity contribution is -0.121. The Bertz CT molecular complexity index is 358. The Morgan fingerprint density at radius 1 is 1.50 bits per heavy atom. The first-order valence-electron chi connectivity index (χ1n) is 5.73. The Morgan fingerprint density at radius 2 is 2.25 bits per heavy atom. The molecule has 1 aliphatic rings. The highest BCUT2D eigenvalue weighted by Crippen LogP contribution is 2.17. The normalized spacial score (nSPS) is 17.2. The Kier molecular flexibility index (Phi) is 3.77. The monoisotopic (exact) mass is 239 g/mol. The first kappa shape index (κ1) is 11.4. The van der Waals surface area contributed by atoms with E-state index in [-0.39, 0.29) is 5.91 Å². The van der Waals surface area contributed by atoms with Gasteiger partial charge in [-0.15, -0.1) is 11.3 Å². The minimum Gasteiger partial charge on any atom is -0.375 e. The third kappa shape index (κ3) is 3.20. The van der Waals surface area contributed by atoms with Gasteiger partial charge in [0.25, 0.3) is 0 Å². The van der Waals surface area contributed by atoms with Crippen molar-refractivity contribution in [3.63, 3.8) is 0 Å². The number of nitrogens with zero attached hydrogens (tertiary/aromatic N) is 1. The molecule has 0 bridgehead atoms. The minimum absolute atomic E-state index is 0.0669. The number of carbonyl (C=O) groups excluding carboxylic acids is 1. The van der Waals surface area contributed by atoms with E-state index in [2.05, 4.69) is 10.3 Å². The van der Waals surface area contributed by atoms with Gasteiger partial charge < -0.3 is 11.1 Å². The van der Waals surface area contributed by atoms with Crippen molar-refractivity contribution in [3.8, 4) is 0 Å². The molecule has 88 valence electrons. The van der Waals surface area contributed by atoms with Crippen LogP contribution >= 0.6 is 11.3 Å². The van der Waals surface area contributed by atoms with Crippen molar-refractivity contribution < 1.29 is 4.79 Å². The van der Waals surface area contributed by atoms with Crippen molar-refractivity contribution in [2.24, 2.45) is 0 Å². The number of nitrogen functional groups attached to an aromatic ring is 1. The number of nitrogens with one attached hydrogen (secondary N) is 1. The SMILES string of the molecule is Nc1nc(CC(=O)NC2CCCCC2)cs1. The summed E-state index contributed by atoms with van der Waals surface area (Å²) in [5, 5.41) is 5.43. The van der Waals surface area contributed by atoms with Gasteiger partial charge in [-0.05, 0) is 12.8 Å². The van der Waals surface area contributed by atoms with Gasteiger partial charge in [-0.3, -0.25) is 4.79 Å². The number of thiazole rings is 1. The maximum absolute atomic E-state index is 11.7. The molecule has 1 fully saturated rings. The summed E-state index contributed by atoms with van der Waals surface area (Å²) in [5.41, 5.74) is 6.29. The molecular formula is C11H17N3OS. The molecule has 0 atom stereocenters. The van der Waals surface area contributed by atoms with E-state index >= 15 is 0 Å². The van der Waals surface area contributed by atoms with Gasteiger partial charge in [-0.2, -0.15) is 0 Å². The lowest BCUT2D eigenvalue weighted by Crippen LogP contribution is -2.37. The number of nitrogens with two attached hydrogens (primary N) is 1. The van der Waals surface area contributed by atoms with E-state index in [0.29, 0.717) is 17.6 Å². The van der Waals surface area contributed by atoms with E-state index in [1.54, 1.807) is 0 Å². The fourth-order valence-corrected chi connectivity index (χ4v) is 2.66. The van der Waals surface area contributed by atoms with Gasteiger partial charge in [0.1, 0.15) is 0 Å². The lowest BCUT2D eigenvalue weighted by atomic mass is 9.95. The molecule has 0 aromatic carbocycles. The van der Waals surface area contributed by atoms with Crippen LogP contribution in [-0.4, -0.2) is 16.9 Å². The number of anilines is 1. The second-order valence-electron chi connectivity index (χ2n) is 4.26. The van der Waals surface area contributed by atoms with Crippen LogP contribution in [0.4, 0.5) is 5.13 Å². The van der Waals surface area contributed by atoms with E-state index < -0.39 is 0 Å². The fraction of sp³-hybridized carbons (Fsp3) is 0.636. The molecule has 1 aliphatic carbocycles. The molecule has 4 nitrogen and oxygen atoms in total. The maximum Gasteiger partial charge on any atom is 0.226 e. The quantitative estimate of drug-likeness (QED) is 0.844. The summed E-state index contributed by atoms with van der Waals surface area (Å²) in [7, 11) is 0. The van der Waals surface area contributed by atoms with E-state index in [0.717, 1.165) is 18.5 Å². The lowest BCUT2D eigenvalue weighted by Gasteiger charge is -2.22. The molecule has 1 aromatic rings. The highest BCUT2D eigenvalue weighted by atomic mass is 32.1. The van der Waals surface area contributed by atoms with E-state index in [4.69, 9.17) is 5.73 Å². The molecule has 5 heteroatoms. The maximum atomic E-state index is 11.7. The molecular weight excluding hydrogens is 222 g/mol. The number of hydrogen-bond acceptors (Lipinski definition) is 4. The van der Waals surface area contributed by atoms with Crippen LogP contribution in [-0.2, 0) is 11.2 Å². The molecule has 1 saturated carbocycles. The number of amides is 1. The van der Waals surface area contributed by atoms with Gasteiger partial charge in [-0.25, -0.2) is 4.98 Å². The van der Waals surface area contributed by atoms with Crippen LogP contribution in [0.1, 0.15) is 37.8 Å². The molecule has 2 rings (SSSR count). The van der Waals surface area contributed by atoms with Crippen molar-refractivity contribution in [1.82, 2.24) is 10.3 Å². The summed E-state index contributed by atoms with van der Waals surface area (Å²) in [6, 6.07) is 0.372. The van der Waals surface area contributed by atoms with Crippen molar-refractivity contribution in [3.05, 3.63) is 11.1 Å². The molecule has 1 amide bonds. The van der Waals surface area contributed by atoms with Gasteiger partial charge in [0.2, 0.25) is 5.91 Å². The van der Waals surface area contributed by atoms with Crippen LogP contribution < -0.4 is 11.1 Å². The molecule has 0 spiro atoms. The molecule has 0 saturated heterocycles. The van der Waals surface area contributed by atoms with Crippen LogP contribution in [0.25, 0.3) is 0 Å². The standard InChI is InChI=1S/C11H17N3OS/c12-11-14-9(7-16-11)6-10(15)13-8-4-2-1-3-5-8/h7-8H,1-6H2,(H2,12,14)(H,13,15). The second kappa shape index (κ2) is 5.30. The number of carbonyl (C=O) groups is 1. The zero-order valence-electron chi connectivity index (χ0n) is 9.24. The van der Waals surface area contributed by atoms with Crippen molar-refractivity contribution in [2.75, 3.05) is 5.73 Å². The topological polar surface area (TPSA) is 68.0 Å². The number of rotatable bonds is 3. The summed E-state index contributed by atoms with van der Waals surface area (Å²) in [4.78, 5) is 15.8. The summed E-state index contributed by atoms with van der Waals surface area (Å²) in [6.07, 6.45) is 6.35. The predicted octanol–water partition coefficient (Wildman–Crippen LogP) is 1.72. The Morgan fingerprint density at radius 3 is 2.88 bits per heavy atom. The third-order valence-corrected chi connectivity index (χ3v) is 3.60. The Hall–Kier alpha value is -1.10. The molecule has 1 aromatic heterocycles. The largest absolute Gasteiger partial charge is 0.375 e. The van der Waals surface area contributed by atoms with Gasteiger partial charge in [-0.1, -0.05) is 19.3 Å². The first-order valence-corrected chi connectivity index (χ1v) is 6.61. The zero-order chi connectivity index (χ0) is 11.4. The molecule has 3 N–H and O–H groups in total. The van der Waals surface area contributed by atoms with Gasteiger partial charge in [0.05, 0.1) is 12.1 Å². The number of aromatic nitrogens is 1. The van der Waals surface area contributed by atoms with E-state index in [9.17, 15) is 4.79 Å². The van der Waals surface area contributed by atoms with Crippen molar-refractivity contribution >= 4 is 22.4 Å². The van der Waals surface area contributed by atoms with Crippen LogP contribution in [0.15, 0.2) is 5.38 Å². The van der Waals surface area contributed by atoms with Crippen molar-refractivity contribution in [2.45, 2.75) is 44.6 Å². The van der Waals surface area contributed by atoms with Crippen LogP contribution in [0, 0.1) is 0 Å². The molecule has 0 radical (unpaired) electrons. The van der Waals surface area contributed by atoms with Crippen LogP contribution in [0.3, 0.4) is 0 Å². The Balaban J connectivity index is 1.79. The highest BCUT2D eigenvalue weighted by Gasteiger charge is 2.16. The smallest absolute Gasteiger partial charge is 0.226 e. The fourth-order valence-electron chi connectivity index (χ4n) is 2.09. The van der Waals surface area contributed by atoms with E-state index in [1.165, 1.54) is 30.6 Å². The predicted molar refractivity (Wildman–Crippen MR) is 65.2 cm³/mol. The van der Waals surface area contributed by atoms with Gasteiger partial charge in [0, 0.05) is 11.4 Å². The zero-order valence-corrected chi connectivity index (χ0v) is 10.1. The number of hydrogen-bond donors (Lipinski definition) is 2. The minimum atomic E-state index is 0.0669. The molecule has 0 unspecified atom stereocenters. The third-order valence-electron chi connectivity index (χ3n) is 2.88. The van der Waals surface area contributed by atoms with Gasteiger partial charge >= 0.3 is 0 Å². The average molecular weight is 239 g/mol. The van der Waals surface area contributed by atoms with E-state index in [1.807, 2.05) is 5.38 Å². The molecule has 1 heterocycles. The summed E-state index contributed by atoms with van der Waals surface area (Å²) >= 11 is 1.38. The van der Waals surface area contributed by atoms with Gasteiger partial charge in [0.15, 0.2) is 5.13 Å². The Labute approximate surface area is 99.3 Å². The average Bonchev–Trinajstić information content (AvgIpc) is 2.65. The highest BCUT2D eigenvalue weighted by molar-refractivity contribution is 7.13. The first-order chi connectivity index (χ1) is 7.74. The van der Waals surface area contributed by atoms with Crippen molar-refractivity contribution in [1.29, 1.82) is 0 Å². The summed E-state index contributed by atoms with van der Waals surface area (Å²) in [5.74, 6) is 0.0669. The molecule has 0 aliphatic heterocycles. The van der Waals surface area contributed by atoms with Crippen LogP contribution in [0.2, 0.25) is 0 Å². The summed E-state index contributed by atoms with van der Waals surface area (Å²) in [6.45, 7) is 0. The van der Waals surface area contributed by atoms with Crippen LogP contribution in [0.5, 0.6) is 0 Å².